The van der Waals surface area contributed by atoms with Gasteiger partial charge in [-0.1, -0.05) is 15.9 Å². The van der Waals surface area contributed by atoms with Gasteiger partial charge in [0.15, 0.2) is 0 Å². The van der Waals surface area contributed by atoms with Crippen molar-refractivity contribution < 1.29 is 9.53 Å². The minimum absolute atomic E-state index is 0.150. The molecule has 0 spiro atoms. The lowest BCUT2D eigenvalue weighted by atomic mass is 10.2. The maximum absolute atomic E-state index is 12.5. The average molecular weight is 390 g/mol. The Morgan fingerprint density at radius 1 is 1.38 bits per heavy atom. The normalized spacial score (nSPS) is 16.8. The van der Waals surface area contributed by atoms with Crippen molar-refractivity contribution in [3.63, 3.8) is 0 Å². The second kappa shape index (κ2) is 7.77. The number of aromatic nitrogens is 1. The molecule has 2 heterocycles. The molecule has 0 saturated carbocycles. The van der Waals surface area contributed by atoms with Gasteiger partial charge in [-0.15, -0.1) is 0 Å². The Labute approximate surface area is 149 Å². The van der Waals surface area contributed by atoms with E-state index in [-0.39, 0.29) is 12.0 Å². The fourth-order valence-electron chi connectivity index (χ4n) is 2.65. The van der Waals surface area contributed by atoms with E-state index in [4.69, 9.17) is 4.74 Å². The van der Waals surface area contributed by atoms with Crippen LogP contribution in [0.2, 0.25) is 0 Å². The molecule has 3 rings (SSSR count). The number of aryl methyl sites for hydroxylation is 1. The molecule has 6 heteroatoms. The van der Waals surface area contributed by atoms with Crippen molar-refractivity contribution in [2.75, 3.05) is 23.8 Å². The predicted octanol–water partition coefficient (Wildman–Crippen LogP) is 4.00. The van der Waals surface area contributed by atoms with Gasteiger partial charge < -0.3 is 15.4 Å². The van der Waals surface area contributed by atoms with Crippen LogP contribution in [0.4, 0.5) is 11.5 Å². The highest BCUT2D eigenvalue weighted by molar-refractivity contribution is 9.10. The van der Waals surface area contributed by atoms with Crippen LogP contribution in [-0.2, 0) is 4.74 Å². The van der Waals surface area contributed by atoms with E-state index in [2.05, 4.69) is 31.5 Å². The van der Waals surface area contributed by atoms with E-state index in [1.54, 1.807) is 18.3 Å². The van der Waals surface area contributed by atoms with Crippen molar-refractivity contribution in [2.24, 2.45) is 0 Å². The summed E-state index contributed by atoms with van der Waals surface area (Å²) >= 11 is 3.42. The van der Waals surface area contributed by atoms with E-state index in [0.717, 1.165) is 35.2 Å². The number of halogens is 1. The summed E-state index contributed by atoms with van der Waals surface area (Å²) in [6.45, 7) is 3.50. The van der Waals surface area contributed by atoms with Crippen LogP contribution in [-0.4, -0.2) is 30.1 Å². The van der Waals surface area contributed by atoms with E-state index in [1.807, 2.05) is 25.1 Å². The Balaban J connectivity index is 1.65. The molecule has 1 aromatic carbocycles. The maximum Gasteiger partial charge on any atom is 0.255 e. The first-order valence-corrected chi connectivity index (χ1v) is 8.80. The lowest BCUT2D eigenvalue weighted by Crippen LogP contribution is -2.19. The molecule has 126 valence electrons. The Morgan fingerprint density at radius 2 is 2.25 bits per heavy atom. The fourth-order valence-corrected chi connectivity index (χ4v) is 3.13. The molecule has 1 aliphatic rings. The van der Waals surface area contributed by atoms with Gasteiger partial charge in [-0.2, -0.15) is 0 Å². The van der Waals surface area contributed by atoms with Gasteiger partial charge in [0.1, 0.15) is 5.82 Å². The zero-order valence-electron chi connectivity index (χ0n) is 13.5. The lowest BCUT2D eigenvalue weighted by Gasteiger charge is -2.12. The molecule has 5 nitrogen and oxygen atoms in total. The predicted molar refractivity (Wildman–Crippen MR) is 98.5 cm³/mol. The molecule has 24 heavy (non-hydrogen) atoms. The number of nitrogens with one attached hydrogen (secondary N) is 2. The van der Waals surface area contributed by atoms with Gasteiger partial charge in [-0.3, -0.25) is 4.79 Å². The lowest BCUT2D eigenvalue weighted by molar-refractivity contribution is 0.102. The van der Waals surface area contributed by atoms with E-state index in [1.165, 1.54) is 0 Å². The van der Waals surface area contributed by atoms with Crippen LogP contribution in [0, 0.1) is 6.92 Å². The summed E-state index contributed by atoms with van der Waals surface area (Å²) in [5, 5.41) is 6.18. The van der Waals surface area contributed by atoms with Crippen LogP contribution in [0.3, 0.4) is 0 Å². The molecule has 1 aliphatic heterocycles. The SMILES string of the molecule is Cc1cc(Br)ccc1NC(=O)c1ccnc(NCC2CCCO2)c1. The number of rotatable bonds is 5. The number of anilines is 2. The molecule has 0 bridgehead atoms. The molecule has 0 radical (unpaired) electrons. The van der Waals surface area contributed by atoms with Gasteiger partial charge in [-0.25, -0.2) is 4.98 Å². The molecule has 1 aromatic heterocycles. The number of ether oxygens (including phenoxy) is 1. The van der Waals surface area contributed by atoms with Crippen molar-refractivity contribution >= 4 is 33.3 Å². The maximum atomic E-state index is 12.5. The first-order chi connectivity index (χ1) is 11.6. The number of amides is 1. The van der Waals surface area contributed by atoms with Gasteiger partial charge in [0.25, 0.3) is 5.91 Å². The third-order valence-electron chi connectivity index (χ3n) is 3.99. The zero-order chi connectivity index (χ0) is 16.9. The molecular weight excluding hydrogens is 370 g/mol. The number of hydrogen-bond donors (Lipinski definition) is 2. The number of carbonyl (C=O) groups is 1. The topological polar surface area (TPSA) is 63.2 Å². The average Bonchev–Trinajstić information content (AvgIpc) is 3.09. The van der Waals surface area contributed by atoms with Crippen LogP contribution in [0.15, 0.2) is 41.0 Å². The highest BCUT2D eigenvalue weighted by atomic mass is 79.9. The minimum atomic E-state index is -0.150. The molecule has 1 atom stereocenters. The zero-order valence-corrected chi connectivity index (χ0v) is 15.1. The molecule has 2 N–H and O–H groups in total. The van der Waals surface area contributed by atoms with E-state index in [9.17, 15) is 4.79 Å². The van der Waals surface area contributed by atoms with Crippen LogP contribution in [0.25, 0.3) is 0 Å². The Hall–Kier alpha value is -1.92. The van der Waals surface area contributed by atoms with Gasteiger partial charge in [-0.05, 0) is 55.7 Å². The van der Waals surface area contributed by atoms with Gasteiger partial charge in [0, 0.05) is 35.1 Å². The summed E-state index contributed by atoms with van der Waals surface area (Å²) in [6.07, 6.45) is 4.04. The van der Waals surface area contributed by atoms with Crippen molar-refractivity contribution in [2.45, 2.75) is 25.9 Å². The first kappa shape index (κ1) is 16.9. The van der Waals surface area contributed by atoms with Crippen molar-refractivity contribution in [1.82, 2.24) is 4.98 Å². The number of nitrogens with zero attached hydrogens (tertiary/aromatic N) is 1. The summed E-state index contributed by atoms with van der Waals surface area (Å²) < 4.78 is 6.57. The van der Waals surface area contributed by atoms with E-state index in [0.29, 0.717) is 17.9 Å². The van der Waals surface area contributed by atoms with Crippen molar-refractivity contribution in [3.8, 4) is 0 Å². The fraction of sp³-hybridized carbons (Fsp3) is 0.333. The quantitative estimate of drug-likeness (QED) is 0.810. The van der Waals surface area contributed by atoms with Gasteiger partial charge >= 0.3 is 0 Å². The van der Waals surface area contributed by atoms with Crippen molar-refractivity contribution in [3.05, 3.63) is 52.1 Å². The third kappa shape index (κ3) is 4.33. The smallest absolute Gasteiger partial charge is 0.255 e. The first-order valence-electron chi connectivity index (χ1n) is 8.01. The van der Waals surface area contributed by atoms with Crippen LogP contribution in [0.5, 0.6) is 0 Å². The minimum Gasteiger partial charge on any atom is -0.376 e. The summed E-state index contributed by atoms with van der Waals surface area (Å²) in [5.74, 6) is 0.536. The number of hydrogen-bond acceptors (Lipinski definition) is 4. The second-order valence-corrected chi connectivity index (χ2v) is 6.77. The standard InChI is InChI=1S/C18H20BrN3O2/c1-12-9-14(19)4-5-16(12)22-18(23)13-6-7-20-17(10-13)21-11-15-3-2-8-24-15/h4-7,9-10,15H,2-3,8,11H2,1H3,(H,20,21)(H,22,23). The number of benzene rings is 1. The van der Waals surface area contributed by atoms with Gasteiger partial charge in [0.2, 0.25) is 0 Å². The number of pyridine rings is 1. The Bertz CT molecular complexity index is 730. The van der Waals surface area contributed by atoms with E-state index < -0.39 is 0 Å². The number of carbonyl (C=O) groups excluding carboxylic acids is 1. The van der Waals surface area contributed by atoms with Gasteiger partial charge in [0.05, 0.1) is 6.10 Å². The molecule has 1 unspecified atom stereocenters. The Morgan fingerprint density at radius 3 is 3.00 bits per heavy atom. The molecular formula is C18H20BrN3O2. The Kier molecular flexibility index (Phi) is 5.48. The molecule has 2 aromatic rings. The molecule has 1 fully saturated rings. The molecule has 1 saturated heterocycles. The largest absolute Gasteiger partial charge is 0.376 e. The summed E-state index contributed by atoms with van der Waals surface area (Å²) in [5.41, 5.74) is 2.37. The molecule has 1 amide bonds. The van der Waals surface area contributed by atoms with Crippen LogP contribution >= 0.6 is 15.9 Å². The highest BCUT2D eigenvalue weighted by Crippen LogP contribution is 2.21. The van der Waals surface area contributed by atoms with Crippen LogP contribution in [0.1, 0.15) is 28.8 Å². The monoisotopic (exact) mass is 389 g/mol. The second-order valence-electron chi connectivity index (χ2n) is 5.86. The summed E-state index contributed by atoms with van der Waals surface area (Å²) in [4.78, 5) is 16.7. The highest BCUT2D eigenvalue weighted by Gasteiger charge is 2.15. The van der Waals surface area contributed by atoms with Crippen molar-refractivity contribution in [1.29, 1.82) is 0 Å². The van der Waals surface area contributed by atoms with Crippen LogP contribution < -0.4 is 10.6 Å². The summed E-state index contributed by atoms with van der Waals surface area (Å²) in [6, 6.07) is 9.23. The van der Waals surface area contributed by atoms with E-state index >= 15 is 0 Å². The third-order valence-corrected chi connectivity index (χ3v) is 4.49. The molecule has 0 aliphatic carbocycles. The summed E-state index contributed by atoms with van der Waals surface area (Å²) in [7, 11) is 0.